The predicted molar refractivity (Wildman–Crippen MR) is 87.0 cm³/mol. The number of hydrogen-bond acceptors (Lipinski definition) is 2. The van der Waals surface area contributed by atoms with Gasteiger partial charge in [0.1, 0.15) is 5.54 Å². The minimum absolute atomic E-state index is 0.188. The highest BCUT2D eigenvalue weighted by molar-refractivity contribution is 6.31. The van der Waals surface area contributed by atoms with E-state index in [1.54, 1.807) is 6.07 Å². The number of fused-ring (bicyclic) bond motifs is 2. The summed E-state index contributed by atoms with van der Waals surface area (Å²) in [7, 11) is 0. The maximum Gasteiger partial charge on any atom is 0.325 e. The van der Waals surface area contributed by atoms with E-state index < -0.39 is 5.54 Å². The van der Waals surface area contributed by atoms with Crippen molar-refractivity contribution in [2.75, 3.05) is 0 Å². The second kappa shape index (κ2) is 5.10. The average molecular weight is 327 g/mol. The summed E-state index contributed by atoms with van der Waals surface area (Å²) in [6, 6.07) is 14.7. The van der Waals surface area contributed by atoms with Gasteiger partial charge >= 0.3 is 6.03 Å². The molecule has 3 amide bonds. The van der Waals surface area contributed by atoms with E-state index in [2.05, 4.69) is 5.32 Å². The van der Waals surface area contributed by atoms with E-state index in [0.29, 0.717) is 11.4 Å². The fourth-order valence-electron chi connectivity index (χ4n) is 3.53. The molecule has 1 saturated heterocycles. The van der Waals surface area contributed by atoms with Gasteiger partial charge in [0.25, 0.3) is 5.91 Å². The molecule has 5 heteroatoms. The molecule has 1 fully saturated rings. The van der Waals surface area contributed by atoms with Crippen LogP contribution < -0.4 is 5.32 Å². The fourth-order valence-corrected chi connectivity index (χ4v) is 3.73. The van der Waals surface area contributed by atoms with Gasteiger partial charge in [-0.2, -0.15) is 0 Å². The number of urea groups is 1. The van der Waals surface area contributed by atoms with Crippen LogP contribution >= 0.6 is 11.6 Å². The maximum absolute atomic E-state index is 13.0. The quantitative estimate of drug-likeness (QED) is 0.861. The molecule has 23 heavy (non-hydrogen) atoms. The van der Waals surface area contributed by atoms with Crippen LogP contribution in [0.15, 0.2) is 48.5 Å². The minimum Gasteiger partial charge on any atom is -0.319 e. The zero-order valence-electron chi connectivity index (χ0n) is 12.4. The monoisotopic (exact) mass is 326 g/mol. The molecule has 0 bridgehead atoms. The number of halogens is 1. The number of carbonyl (C=O) groups excluding carboxylic acids is 2. The van der Waals surface area contributed by atoms with E-state index in [1.807, 2.05) is 42.5 Å². The van der Waals surface area contributed by atoms with Crippen molar-refractivity contribution >= 4 is 23.5 Å². The number of nitrogens with one attached hydrogen (secondary N) is 1. The largest absolute Gasteiger partial charge is 0.325 e. The lowest BCUT2D eigenvalue weighted by Crippen LogP contribution is -2.41. The summed E-state index contributed by atoms with van der Waals surface area (Å²) in [5.74, 6) is -0.188. The van der Waals surface area contributed by atoms with Gasteiger partial charge in [0, 0.05) is 5.02 Å². The molecule has 0 aromatic heterocycles. The fraction of sp³-hybridized carbons (Fsp3) is 0.222. The second-order valence-corrected chi connectivity index (χ2v) is 6.38. The molecule has 1 unspecified atom stereocenters. The Morgan fingerprint density at radius 2 is 1.83 bits per heavy atom. The number of rotatable bonds is 2. The third-order valence-electron chi connectivity index (χ3n) is 4.71. The minimum atomic E-state index is -0.908. The lowest BCUT2D eigenvalue weighted by molar-refractivity contribution is -0.132. The van der Waals surface area contributed by atoms with Crippen molar-refractivity contribution in [3.8, 4) is 0 Å². The SMILES string of the molecule is O=C1NC2(CCc3ccccc32)C(=O)N1Cc1ccccc1Cl. The Bertz CT molecular complexity index is 820. The van der Waals surface area contributed by atoms with Gasteiger partial charge < -0.3 is 5.32 Å². The van der Waals surface area contributed by atoms with Crippen LogP contribution in [-0.2, 0) is 23.3 Å². The zero-order chi connectivity index (χ0) is 16.0. The molecule has 1 heterocycles. The summed E-state index contributed by atoms with van der Waals surface area (Å²) in [5, 5.41) is 3.48. The summed E-state index contributed by atoms with van der Waals surface area (Å²) in [4.78, 5) is 26.7. The molecule has 1 spiro atoms. The van der Waals surface area contributed by atoms with E-state index >= 15 is 0 Å². The van der Waals surface area contributed by atoms with E-state index in [1.165, 1.54) is 4.90 Å². The Balaban J connectivity index is 1.69. The van der Waals surface area contributed by atoms with Crippen molar-refractivity contribution < 1.29 is 9.59 Å². The molecule has 0 radical (unpaired) electrons. The van der Waals surface area contributed by atoms with Gasteiger partial charge in [-0.25, -0.2) is 4.79 Å². The van der Waals surface area contributed by atoms with Gasteiger partial charge in [-0.15, -0.1) is 0 Å². The van der Waals surface area contributed by atoms with Gasteiger partial charge in [0.05, 0.1) is 6.54 Å². The number of hydrogen-bond donors (Lipinski definition) is 1. The zero-order valence-corrected chi connectivity index (χ0v) is 13.1. The number of carbonyl (C=O) groups is 2. The van der Waals surface area contributed by atoms with E-state index in [0.717, 1.165) is 23.1 Å². The first-order chi connectivity index (χ1) is 11.1. The smallest absolute Gasteiger partial charge is 0.319 e. The average Bonchev–Trinajstić information content (AvgIpc) is 3.04. The Labute approximate surface area is 139 Å². The van der Waals surface area contributed by atoms with Gasteiger partial charge in [-0.3, -0.25) is 9.69 Å². The molecule has 116 valence electrons. The third kappa shape index (κ3) is 2.05. The molecule has 1 aliphatic carbocycles. The van der Waals surface area contributed by atoms with Crippen LogP contribution in [0, 0.1) is 0 Å². The summed E-state index contributed by atoms with van der Waals surface area (Å²) < 4.78 is 0. The molecular formula is C18H15ClN2O2. The Morgan fingerprint density at radius 1 is 1.09 bits per heavy atom. The highest BCUT2D eigenvalue weighted by Crippen LogP contribution is 2.41. The first-order valence-electron chi connectivity index (χ1n) is 7.58. The number of nitrogens with zero attached hydrogens (tertiary/aromatic N) is 1. The Kier molecular flexibility index (Phi) is 3.16. The molecule has 1 N–H and O–H groups in total. The summed E-state index contributed by atoms with van der Waals surface area (Å²) >= 11 is 6.16. The molecule has 0 saturated carbocycles. The first-order valence-corrected chi connectivity index (χ1v) is 7.95. The van der Waals surface area contributed by atoms with Crippen LogP contribution in [0.3, 0.4) is 0 Å². The summed E-state index contributed by atoms with van der Waals surface area (Å²) in [5.41, 5.74) is 1.90. The first kappa shape index (κ1) is 14.3. The maximum atomic E-state index is 13.0. The van der Waals surface area contributed by atoms with Gasteiger partial charge in [-0.05, 0) is 35.6 Å². The third-order valence-corrected chi connectivity index (χ3v) is 5.08. The Morgan fingerprint density at radius 3 is 2.65 bits per heavy atom. The standard InChI is InChI=1S/C18H15ClN2O2/c19-15-8-4-2-6-13(15)11-21-16(22)18(20-17(21)23)10-9-12-5-1-3-7-14(12)18/h1-8H,9-11H2,(H,20,23). The lowest BCUT2D eigenvalue weighted by atomic mass is 9.92. The molecule has 1 aliphatic heterocycles. The van der Waals surface area contributed by atoms with E-state index in [4.69, 9.17) is 11.6 Å². The molecular weight excluding hydrogens is 312 g/mol. The Hall–Kier alpha value is -2.33. The summed E-state index contributed by atoms with van der Waals surface area (Å²) in [6.45, 7) is 0.189. The van der Waals surface area contributed by atoms with Crippen molar-refractivity contribution in [2.45, 2.75) is 24.9 Å². The van der Waals surface area contributed by atoms with Crippen LogP contribution in [0.4, 0.5) is 4.79 Å². The van der Waals surface area contributed by atoms with Crippen LogP contribution in [-0.4, -0.2) is 16.8 Å². The molecule has 2 aromatic carbocycles. The number of aryl methyl sites for hydroxylation is 1. The predicted octanol–water partition coefficient (Wildman–Crippen LogP) is 3.23. The van der Waals surface area contributed by atoms with E-state index in [9.17, 15) is 9.59 Å². The highest BCUT2D eigenvalue weighted by atomic mass is 35.5. The molecule has 4 nitrogen and oxygen atoms in total. The van der Waals surface area contributed by atoms with Crippen molar-refractivity contribution in [3.05, 3.63) is 70.2 Å². The molecule has 2 aromatic rings. The van der Waals surface area contributed by atoms with Crippen LogP contribution in [0.2, 0.25) is 5.02 Å². The number of benzene rings is 2. The van der Waals surface area contributed by atoms with Gasteiger partial charge in [0.15, 0.2) is 0 Å². The van der Waals surface area contributed by atoms with Crippen LogP contribution in [0.1, 0.15) is 23.1 Å². The van der Waals surface area contributed by atoms with Crippen LogP contribution in [0.25, 0.3) is 0 Å². The van der Waals surface area contributed by atoms with Crippen molar-refractivity contribution in [1.29, 1.82) is 0 Å². The topological polar surface area (TPSA) is 49.4 Å². The molecule has 4 rings (SSSR count). The number of amides is 3. The van der Waals surface area contributed by atoms with E-state index in [-0.39, 0.29) is 18.5 Å². The summed E-state index contributed by atoms with van der Waals surface area (Å²) in [6.07, 6.45) is 1.40. The second-order valence-electron chi connectivity index (χ2n) is 5.98. The van der Waals surface area contributed by atoms with Crippen molar-refractivity contribution in [1.82, 2.24) is 10.2 Å². The lowest BCUT2D eigenvalue weighted by Gasteiger charge is -2.22. The van der Waals surface area contributed by atoms with Crippen molar-refractivity contribution in [2.24, 2.45) is 0 Å². The highest BCUT2D eigenvalue weighted by Gasteiger charge is 2.55. The van der Waals surface area contributed by atoms with Gasteiger partial charge in [-0.1, -0.05) is 54.1 Å². The number of imide groups is 1. The van der Waals surface area contributed by atoms with Gasteiger partial charge in [0.2, 0.25) is 0 Å². The van der Waals surface area contributed by atoms with Crippen molar-refractivity contribution in [3.63, 3.8) is 0 Å². The normalized spacial score (nSPS) is 22.6. The molecule has 2 aliphatic rings. The van der Waals surface area contributed by atoms with Crippen LogP contribution in [0.5, 0.6) is 0 Å². The molecule has 1 atom stereocenters.